The van der Waals surface area contributed by atoms with Crippen LogP contribution in [0.4, 0.5) is 22.0 Å². The van der Waals surface area contributed by atoms with E-state index in [9.17, 15) is 32.0 Å². The molecule has 1 atom stereocenters. The van der Waals surface area contributed by atoms with Gasteiger partial charge in [-0.25, -0.2) is 8.78 Å². The predicted molar refractivity (Wildman–Crippen MR) is 114 cm³/mol. The molecule has 1 aliphatic rings. The Hall–Kier alpha value is -3.52. The smallest absolute Gasteiger partial charge is 0.394 e. The Labute approximate surface area is 189 Å². The molecule has 0 unspecified atom stereocenters. The Kier molecular flexibility index (Phi) is 6.98. The lowest BCUT2D eigenvalue weighted by molar-refractivity contribution is -0.127. The normalized spacial score (nSPS) is 17.0. The maximum atomic E-state index is 13.3. The molecule has 0 aliphatic carbocycles. The molecule has 33 heavy (non-hydrogen) atoms. The van der Waals surface area contributed by atoms with Gasteiger partial charge in [0.15, 0.2) is 0 Å². The Balaban J connectivity index is 2.16. The Morgan fingerprint density at radius 2 is 2.00 bits per heavy atom. The van der Waals surface area contributed by atoms with Crippen LogP contribution in [0.5, 0.6) is 0 Å². The number of nitrogens with two attached hydrogens (primary N) is 1. The van der Waals surface area contributed by atoms with Crippen molar-refractivity contribution in [1.82, 2.24) is 4.90 Å². The molecular weight excluding hydrogens is 463 g/mol. The lowest BCUT2D eigenvalue weighted by Crippen LogP contribution is -2.37. The van der Waals surface area contributed by atoms with Crippen LogP contribution in [0.2, 0.25) is 0 Å². The van der Waals surface area contributed by atoms with Crippen LogP contribution < -0.4 is 5.73 Å². The topological polar surface area (TPSA) is 94.0 Å². The second-order valence-electron chi connectivity index (χ2n) is 7.12. The molecule has 2 heterocycles. The number of amides is 1. The van der Waals surface area contributed by atoms with Crippen molar-refractivity contribution in [2.75, 3.05) is 6.54 Å². The lowest BCUT2D eigenvalue weighted by Gasteiger charge is -2.33. The minimum absolute atomic E-state index is 0.0186. The number of hydrogen-bond acceptors (Lipinski definition) is 5. The molecule has 2 aromatic rings. The van der Waals surface area contributed by atoms with E-state index in [1.54, 1.807) is 18.2 Å². The molecule has 3 rings (SSSR count). The number of alkyl halides is 5. The van der Waals surface area contributed by atoms with Gasteiger partial charge in [0.1, 0.15) is 16.6 Å². The van der Waals surface area contributed by atoms with Crippen molar-refractivity contribution < 1.29 is 26.7 Å². The van der Waals surface area contributed by atoms with Crippen LogP contribution >= 0.6 is 11.3 Å². The molecule has 1 amide bonds. The van der Waals surface area contributed by atoms with Gasteiger partial charge >= 0.3 is 6.18 Å². The molecule has 0 radical (unpaired) electrons. The summed E-state index contributed by atoms with van der Waals surface area (Å²) < 4.78 is 65.0. The number of nitrogens with zero attached hydrogens (tertiary/aromatic N) is 2. The summed E-state index contributed by atoms with van der Waals surface area (Å²) in [6, 6.07) is 9.67. The lowest BCUT2D eigenvalue weighted by atomic mass is 9.83. The molecule has 172 valence electrons. The first kappa shape index (κ1) is 24.1. The first-order valence-corrected chi connectivity index (χ1v) is 10.3. The van der Waals surface area contributed by atoms with Crippen molar-refractivity contribution in [2.45, 2.75) is 25.1 Å². The minimum atomic E-state index is -4.86. The van der Waals surface area contributed by atoms with Crippen molar-refractivity contribution in [3.63, 3.8) is 0 Å². The summed E-state index contributed by atoms with van der Waals surface area (Å²) in [6.45, 7) is 0.0555. The van der Waals surface area contributed by atoms with Crippen molar-refractivity contribution >= 4 is 29.0 Å². The SMILES string of the molecule is N#Cc1cc2c(s1)CN(C(=O)/C=C/C(F)F)C[C@H]2c1ccccc1C(C=N)=C(N)C(F)(F)F. The van der Waals surface area contributed by atoms with Gasteiger partial charge in [-0.3, -0.25) is 4.79 Å². The Bertz CT molecular complexity index is 1180. The zero-order chi connectivity index (χ0) is 24.3. The molecule has 0 fully saturated rings. The van der Waals surface area contributed by atoms with Gasteiger partial charge in [0.2, 0.25) is 5.91 Å². The number of halogens is 5. The quantitative estimate of drug-likeness (QED) is 0.366. The molecule has 1 aliphatic heterocycles. The third-order valence-corrected chi connectivity index (χ3v) is 6.17. The molecule has 1 aromatic heterocycles. The van der Waals surface area contributed by atoms with E-state index in [4.69, 9.17) is 11.1 Å². The van der Waals surface area contributed by atoms with Crippen LogP contribution in [0.1, 0.15) is 32.4 Å². The zero-order valence-corrected chi connectivity index (χ0v) is 17.7. The van der Waals surface area contributed by atoms with Gasteiger partial charge < -0.3 is 16.0 Å². The third kappa shape index (κ3) is 5.12. The maximum absolute atomic E-state index is 13.3. The number of nitrogens with one attached hydrogen (secondary N) is 1. The van der Waals surface area contributed by atoms with Gasteiger partial charge in [0, 0.05) is 35.2 Å². The first-order chi connectivity index (χ1) is 15.6. The second kappa shape index (κ2) is 9.54. The minimum Gasteiger partial charge on any atom is -0.394 e. The van der Waals surface area contributed by atoms with Gasteiger partial charge in [-0.2, -0.15) is 18.4 Å². The number of carbonyl (C=O) groups excluding carboxylic acids is 1. The molecule has 0 saturated carbocycles. The van der Waals surface area contributed by atoms with Crippen molar-refractivity contribution in [1.29, 1.82) is 10.7 Å². The van der Waals surface area contributed by atoms with Crippen molar-refractivity contribution in [2.24, 2.45) is 5.73 Å². The first-order valence-electron chi connectivity index (χ1n) is 9.51. The highest BCUT2D eigenvalue weighted by atomic mass is 32.1. The number of fused-ring (bicyclic) bond motifs is 1. The van der Waals surface area contributed by atoms with Crippen LogP contribution in [0.3, 0.4) is 0 Å². The number of nitriles is 1. The van der Waals surface area contributed by atoms with E-state index in [2.05, 4.69) is 0 Å². The molecular formula is C22H17F5N4OS. The molecule has 0 spiro atoms. The second-order valence-corrected chi connectivity index (χ2v) is 8.26. The number of hydrogen-bond donors (Lipinski definition) is 2. The maximum Gasteiger partial charge on any atom is 0.431 e. The van der Waals surface area contributed by atoms with E-state index >= 15 is 0 Å². The van der Waals surface area contributed by atoms with Crippen LogP contribution in [-0.2, 0) is 11.3 Å². The van der Waals surface area contributed by atoms with Gasteiger partial charge in [-0.05, 0) is 28.8 Å². The summed E-state index contributed by atoms with van der Waals surface area (Å²) in [5.74, 6) is -1.35. The fourth-order valence-electron chi connectivity index (χ4n) is 3.67. The highest BCUT2D eigenvalue weighted by Gasteiger charge is 2.36. The average molecular weight is 480 g/mol. The Morgan fingerprint density at radius 1 is 1.30 bits per heavy atom. The summed E-state index contributed by atoms with van der Waals surface area (Å²) in [4.78, 5) is 14.8. The van der Waals surface area contributed by atoms with E-state index in [1.165, 1.54) is 17.0 Å². The standard InChI is InChI=1S/C22H17F5N4OS/c23-19(24)5-6-20(32)31-10-17(15-7-12(8-28)33-18(15)11-31)14-4-2-1-3-13(14)16(9-29)21(30)22(25,26)27/h1-7,9,17,19,29H,10-11,30H2/b6-5+,21-16?,29-9?/t17-/m0/s1. The van der Waals surface area contributed by atoms with Crippen molar-refractivity contribution in [3.05, 3.63) is 74.6 Å². The number of carbonyl (C=O) groups is 1. The van der Waals surface area contributed by atoms with Crippen LogP contribution in [0.15, 0.2) is 48.2 Å². The van der Waals surface area contributed by atoms with E-state index in [0.717, 1.165) is 17.4 Å². The van der Waals surface area contributed by atoms with Crippen molar-refractivity contribution in [3.8, 4) is 6.07 Å². The number of benzene rings is 1. The molecule has 0 bridgehead atoms. The van der Waals surface area contributed by atoms with Gasteiger partial charge in [0.05, 0.1) is 6.54 Å². The molecule has 0 saturated heterocycles. The molecule has 11 heteroatoms. The van der Waals surface area contributed by atoms with E-state index in [-0.39, 0.29) is 18.7 Å². The van der Waals surface area contributed by atoms with Gasteiger partial charge in [0.25, 0.3) is 6.43 Å². The fraction of sp³-hybridized carbons (Fsp3) is 0.227. The summed E-state index contributed by atoms with van der Waals surface area (Å²) >= 11 is 1.12. The number of thiophene rings is 1. The molecule has 5 nitrogen and oxygen atoms in total. The number of allylic oxidation sites excluding steroid dienone is 3. The van der Waals surface area contributed by atoms with E-state index in [0.29, 0.717) is 33.2 Å². The summed E-state index contributed by atoms with van der Waals surface area (Å²) in [5.41, 5.74) is 4.43. The van der Waals surface area contributed by atoms with Crippen LogP contribution in [0, 0.1) is 16.7 Å². The monoisotopic (exact) mass is 480 g/mol. The highest BCUT2D eigenvalue weighted by Crippen LogP contribution is 2.41. The predicted octanol–water partition coefficient (Wildman–Crippen LogP) is 4.80. The summed E-state index contributed by atoms with van der Waals surface area (Å²) in [7, 11) is 0. The fourth-order valence-corrected chi connectivity index (χ4v) is 4.70. The van der Waals surface area contributed by atoms with Gasteiger partial charge in [-0.15, -0.1) is 11.3 Å². The highest BCUT2D eigenvalue weighted by molar-refractivity contribution is 7.12. The van der Waals surface area contributed by atoms with E-state index in [1.807, 2.05) is 6.07 Å². The summed E-state index contributed by atoms with van der Waals surface area (Å²) in [5, 5.41) is 16.9. The molecule has 3 N–H and O–H groups in total. The van der Waals surface area contributed by atoms with Gasteiger partial charge in [-0.1, -0.05) is 24.3 Å². The molecule has 1 aromatic carbocycles. The Morgan fingerprint density at radius 3 is 2.61 bits per heavy atom. The third-order valence-electron chi connectivity index (χ3n) is 5.13. The largest absolute Gasteiger partial charge is 0.431 e. The van der Waals surface area contributed by atoms with E-state index < -0.39 is 35.7 Å². The zero-order valence-electron chi connectivity index (χ0n) is 16.9. The average Bonchev–Trinajstić information content (AvgIpc) is 3.20. The van der Waals surface area contributed by atoms with Crippen LogP contribution in [0.25, 0.3) is 5.57 Å². The van der Waals surface area contributed by atoms with Crippen LogP contribution in [-0.4, -0.2) is 36.2 Å². The summed E-state index contributed by atoms with van der Waals surface area (Å²) in [6.07, 6.45) is -5.95. The number of rotatable bonds is 5.